The third-order valence-electron chi connectivity index (χ3n) is 4.07. The van der Waals surface area contributed by atoms with Crippen LogP contribution in [0, 0.1) is 6.92 Å². The van der Waals surface area contributed by atoms with Gasteiger partial charge in [-0.1, -0.05) is 0 Å². The number of rotatable bonds is 3. The van der Waals surface area contributed by atoms with Gasteiger partial charge in [-0.2, -0.15) is 0 Å². The molecule has 0 aliphatic carbocycles. The molecule has 1 N–H and O–H groups in total. The van der Waals surface area contributed by atoms with Crippen molar-refractivity contribution in [1.82, 2.24) is 19.9 Å². The van der Waals surface area contributed by atoms with Crippen molar-refractivity contribution in [1.29, 1.82) is 0 Å². The van der Waals surface area contributed by atoms with E-state index >= 15 is 0 Å². The Morgan fingerprint density at radius 1 is 1.09 bits per heavy atom. The number of aromatic nitrogens is 3. The summed E-state index contributed by atoms with van der Waals surface area (Å²) in [4.78, 5) is 17.7. The van der Waals surface area contributed by atoms with Crippen LogP contribution in [0.15, 0.2) is 30.7 Å². The van der Waals surface area contributed by atoms with E-state index < -0.39 is 0 Å². The fourth-order valence-electron chi connectivity index (χ4n) is 2.49. The molecule has 3 rings (SSSR count). The lowest BCUT2D eigenvalue weighted by atomic mass is 10.2. The van der Waals surface area contributed by atoms with Gasteiger partial charge < -0.3 is 15.1 Å². The summed E-state index contributed by atoms with van der Waals surface area (Å²) in [6.45, 7) is 7.31. The maximum Gasteiger partial charge on any atom is 0.227 e. The summed E-state index contributed by atoms with van der Waals surface area (Å²) in [6.07, 6.45) is 5.42. The van der Waals surface area contributed by atoms with Crippen LogP contribution in [0.5, 0.6) is 0 Å². The summed E-state index contributed by atoms with van der Waals surface area (Å²) in [7, 11) is 2.17. The van der Waals surface area contributed by atoms with Gasteiger partial charge in [-0.3, -0.25) is 0 Å². The Bertz CT molecular complexity index is 610. The van der Waals surface area contributed by atoms with Gasteiger partial charge in [0.1, 0.15) is 5.82 Å². The minimum atomic E-state index is 0.550. The summed E-state index contributed by atoms with van der Waals surface area (Å²) < 4.78 is 0. The fraction of sp³-hybridized carbons (Fsp3) is 0.438. The van der Waals surface area contributed by atoms with Crippen molar-refractivity contribution < 1.29 is 0 Å². The Morgan fingerprint density at radius 3 is 2.50 bits per heavy atom. The minimum Gasteiger partial charge on any atom is -0.354 e. The Morgan fingerprint density at radius 2 is 1.86 bits per heavy atom. The Kier molecular flexibility index (Phi) is 4.20. The minimum absolute atomic E-state index is 0.550. The molecule has 2 aromatic rings. The van der Waals surface area contributed by atoms with Gasteiger partial charge in [-0.15, -0.1) is 0 Å². The second-order valence-electron chi connectivity index (χ2n) is 5.89. The van der Waals surface area contributed by atoms with Crippen LogP contribution < -0.4 is 10.2 Å². The van der Waals surface area contributed by atoms with Crippen LogP contribution in [0.3, 0.4) is 0 Å². The number of aryl methyl sites for hydroxylation is 1. The van der Waals surface area contributed by atoms with Crippen LogP contribution in [-0.2, 0) is 0 Å². The van der Waals surface area contributed by atoms with Crippen molar-refractivity contribution in [2.45, 2.75) is 19.9 Å². The lowest BCUT2D eigenvalue weighted by molar-refractivity contribution is 0.233. The average molecular weight is 298 g/mol. The molecule has 1 aliphatic heterocycles. The van der Waals surface area contributed by atoms with Crippen molar-refractivity contribution in [2.24, 2.45) is 0 Å². The van der Waals surface area contributed by atoms with E-state index in [0.717, 1.165) is 36.7 Å². The smallest absolute Gasteiger partial charge is 0.227 e. The molecule has 116 valence electrons. The highest BCUT2D eigenvalue weighted by atomic mass is 15.3. The van der Waals surface area contributed by atoms with E-state index in [2.05, 4.69) is 50.1 Å². The molecule has 22 heavy (non-hydrogen) atoms. The normalized spacial score (nSPS) is 19.2. The van der Waals surface area contributed by atoms with E-state index in [4.69, 9.17) is 0 Å². The molecule has 0 spiro atoms. The SMILES string of the molecule is Cc1cnc(Nc2ccc(N3CCN(C)C(C)C3)nc2)nc1. The molecule has 6 nitrogen and oxygen atoms in total. The monoisotopic (exact) mass is 298 g/mol. The highest BCUT2D eigenvalue weighted by Gasteiger charge is 2.21. The standard InChI is InChI=1S/C16H22N6/c1-12-8-18-16(19-9-12)20-14-4-5-15(17-10-14)22-7-6-21(3)13(2)11-22/h4-5,8-10,13H,6-7,11H2,1-3H3,(H,18,19,20). The predicted molar refractivity (Wildman–Crippen MR) is 88.6 cm³/mol. The number of hydrogen-bond donors (Lipinski definition) is 1. The Hall–Kier alpha value is -2.21. The van der Waals surface area contributed by atoms with Crippen molar-refractivity contribution in [2.75, 3.05) is 36.9 Å². The average Bonchev–Trinajstić information content (AvgIpc) is 2.53. The molecule has 1 atom stereocenters. The van der Waals surface area contributed by atoms with Gasteiger partial charge >= 0.3 is 0 Å². The van der Waals surface area contributed by atoms with Gasteiger partial charge in [0.2, 0.25) is 5.95 Å². The molecule has 1 fully saturated rings. The number of likely N-dealkylation sites (N-methyl/N-ethyl adjacent to an activating group) is 1. The summed E-state index contributed by atoms with van der Waals surface area (Å²) >= 11 is 0. The number of nitrogens with one attached hydrogen (secondary N) is 1. The molecule has 0 aromatic carbocycles. The number of hydrogen-bond acceptors (Lipinski definition) is 6. The van der Waals surface area contributed by atoms with E-state index in [9.17, 15) is 0 Å². The first kappa shape index (κ1) is 14.7. The predicted octanol–water partition coefficient (Wildman–Crippen LogP) is 2.06. The summed E-state index contributed by atoms with van der Waals surface area (Å²) in [6, 6.07) is 4.62. The fourth-order valence-corrected chi connectivity index (χ4v) is 2.49. The highest BCUT2D eigenvalue weighted by Crippen LogP contribution is 2.19. The van der Waals surface area contributed by atoms with Gasteiger partial charge in [0.05, 0.1) is 11.9 Å². The van der Waals surface area contributed by atoms with Gasteiger partial charge in [-0.25, -0.2) is 15.0 Å². The summed E-state index contributed by atoms with van der Waals surface area (Å²) in [5, 5.41) is 3.17. The molecule has 0 saturated carbocycles. The lowest BCUT2D eigenvalue weighted by Crippen LogP contribution is -2.50. The zero-order valence-corrected chi connectivity index (χ0v) is 13.3. The van der Waals surface area contributed by atoms with E-state index in [1.807, 2.05) is 19.2 Å². The van der Waals surface area contributed by atoms with Crippen molar-refractivity contribution in [3.63, 3.8) is 0 Å². The van der Waals surface area contributed by atoms with Gasteiger partial charge in [0.25, 0.3) is 0 Å². The lowest BCUT2D eigenvalue weighted by Gasteiger charge is -2.38. The quantitative estimate of drug-likeness (QED) is 0.936. The molecule has 0 bridgehead atoms. The second kappa shape index (κ2) is 6.27. The zero-order chi connectivity index (χ0) is 15.5. The van der Waals surface area contributed by atoms with Gasteiger partial charge in [0.15, 0.2) is 0 Å². The van der Waals surface area contributed by atoms with Gasteiger partial charge in [0, 0.05) is 38.1 Å². The van der Waals surface area contributed by atoms with Crippen molar-refractivity contribution in [3.05, 3.63) is 36.3 Å². The van der Waals surface area contributed by atoms with Crippen molar-refractivity contribution in [3.8, 4) is 0 Å². The number of piperazine rings is 1. The molecule has 2 aromatic heterocycles. The first-order valence-electron chi connectivity index (χ1n) is 7.59. The molecule has 0 amide bonds. The molecule has 0 radical (unpaired) electrons. The van der Waals surface area contributed by atoms with E-state index in [1.165, 1.54) is 0 Å². The summed E-state index contributed by atoms with van der Waals surface area (Å²) in [5.41, 5.74) is 1.94. The topological polar surface area (TPSA) is 57.2 Å². The summed E-state index contributed by atoms with van der Waals surface area (Å²) in [5.74, 6) is 1.61. The van der Waals surface area contributed by atoms with E-state index in [0.29, 0.717) is 12.0 Å². The van der Waals surface area contributed by atoms with E-state index in [-0.39, 0.29) is 0 Å². The third kappa shape index (κ3) is 3.33. The van der Waals surface area contributed by atoms with Gasteiger partial charge in [-0.05, 0) is 38.6 Å². The van der Waals surface area contributed by atoms with Crippen LogP contribution >= 0.6 is 0 Å². The van der Waals surface area contributed by atoms with Crippen LogP contribution in [0.25, 0.3) is 0 Å². The molecule has 1 aliphatic rings. The van der Waals surface area contributed by atoms with Crippen LogP contribution in [0.1, 0.15) is 12.5 Å². The maximum atomic E-state index is 4.56. The molecule has 6 heteroatoms. The zero-order valence-electron chi connectivity index (χ0n) is 13.3. The molecular weight excluding hydrogens is 276 g/mol. The molecule has 1 unspecified atom stereocenters. The number of nitrogens with zero attached hydrogens (tertiary/aromatic N) is 5. The van der Waals surface area contributed by atoms with E-state index in [1.54, 1.807) is 12.4 Å². The van der Waals surface area contributed by atoms with Crippen LogP contribution in [0.4, 0.5) is 17.5 Å². The van der Waals surface area contributed by atoms with Crippen LogP contribution in [0.2, 0.25) is 0 Å². The van der Waals surface area contributed by atoms with Crippen molar-refractivity contribution >= 4 is 17.5 Å². The molecular formula is C16H22N6. The largest absolute Gasteiger partial charge is 0.354 e. The second-order valence-corrected chi connectivity index (χ2v) is 5.89. The number of pyridine rings is 1. The first-order valence-corrected chi connectivity index (χ1v) is 7.59. The maximum absolute atomic E-state index is 4.56. The molecule has 1 saturated heterocycles. The molecule has 3 heterocycles. The number of anilines is 3. The van der Waals surface area contributed by atoms with Crippen LogP contribution in [-0.4, -0.2) is 52.6 Å². The Balaban J connectivity index is 1.66. The first-order chi connectivity index (χ1) is 10.6. The Labute approximate surface area is 131 Å². The third-order valence-corrected chi connectivity index (χ3v) is 4.07. The highest BCUT2D eigenvalue weighted by molar-refractivity contribution is 5.55.